The summed E-state index contributed by atoms with van der Waals surface area (Å²) < 4.78 is 0. The number of hydrogen-bond acceptors (Lipinski definition) is 3. The number of aliphatic hydroxyl groups is 1. The number of benzene rings is 1. The fourth-order valence-electron chi connectivity index (χ4n) is 1.90. The zero-order valence-electron chi connectivity index (χ0n) is 10.1. The summed E-state index contributed by atoms with van der Waals surface area (Å²) in [5.41, 5.74) is 1.04. The molecule has 0 spiro atoms. The summed E-state index contributed by atoms with van der Waals surface area (Å²) in [5.74, 6) is -1.64. The Morgan fingerprint density at radius 2 is 2.11 bits per heavy atom. The minimum Gasteiger partial charge on any atom is -0.480 e. The van der Waals surface area contributed by atoms with E-state index in [1.54, 1.807) is 18.3 Å². The van der Waals surface area contributed by atoms with Crippen molar-refractivity contribution in [1.82, 2.24) is 10.3 Å². The lowest BCUT2D eigenvalue weighted by atomic mass is 10.1. The number of hydrogen-bond donors (Lipinski definition) is 4. The highest BCUT2D eigenvalue weighted by Crippen LogP contribution is 2.16. The van der Waals surface area contributed by atoms with Crippen molar-refractivity contribution in [1.29, 1.82) is 0 Å². The normalized spacial score (nSPS) is 12.3. The largest absolute Gasteiger partial charge is 0.480 e. The van der Waals surface area contributed by atoms with E-state index in [-0.39, 0.29) is 13.0 Å². The molecule has 1 aromatic carbocycles. The summed E-state index contributed by atoms with van der Waals surface area (Å²) in [6, 6.07) is 5.93. The van der Waals surface area contributed by atoms with Crippen LogP contribution in [0.3, 0.4) is 0 Å². The van der Waals surface area contributed by atoms with E-state index >= 15 is 0 Å². The molecule has 6 nitrogen and oxygen atoms in total. The monoisotopic (exact) mass is 262 g/mol. The number of fused-ring (bicyclic) bond motifs is 1. The third-order valence-corrected chi connectivity index (χ3v) is 2.85. The Morgan fingerprint density at radius 1 is 1.32 bits per heavy atom. The molecule has 2 rings (SSSR count). The first kappa shape index (κ1) is 13.1. The first-order valence-electron chi connectivity index (χ1n) is 5.84. The van der Waals surface area contributed by atoms with Crippen LogP contribution in [0.25, 0.3) is 10.9 Å². The third kappa shape index (κ3) is 2.74. The van der Waals surface area contributed by atoms with Crippen molar-refractivity contribution in [2.45, 2.75) is 12.5 Å². The van der Waals surface area contributed by atoms with Crippen LogP contribution in [0.15, 0.2) is 30.5 Å². The first-order valence-corrected chi connectivity index (χ1v) is 5.84. The summed E-state index contributed by atoms with van der Waals surface area (Å²) in [4.78, 5) is 26.0. The number of amides is 1. The number of aliphatic hydroxyl groups excluding tert-OH is 1. The molecule has 0 aliphatic rings. The van der Waals surface area contributed by atoms with Crippen LogP contribution in [-0.2, 0) is 4.79 Å². The van der Waals surface area contributed by atoms with Crippen molar-refractivity contribution < 1.29 is 19.8 Å². The zero-order chi connectivity index (χ0) is 13.8. The molecular formula is C13H14N2O4. The molecule has 19 heavy (non-hydrogen) atoms. The van der Waals surface area contributed by atoms with Crippen LogP contribution in [0.4, 0.5) is 0 Å². The number of para-hydroxylation sites is 1. The van der Waals surface area contributed by atoms with Gasteiger partial charge in [-0.3, -0.25) is 4.79 Å². The second kappa shape index (κ2) is 5.53. The van der Waals surface area contributed by atoms with Gasteiger partial charge < -0.3 is 20.5 Å². The molecule has 1 amide bonds. The number of carbonyl (C=O) groups excluding carboxylic acids is 1. The van der Waals surface area contributed by atoms with Crippen LogP contribution in [0.2, 0.25) is 0 Å². The Morgan fingerprint density at radius 3 is 2.79 bits per heavy atom. The zero-order valence-corrected chi connectivity index (χ0v) is 10.1. The number of aliphatic carboxylic acids is 1. The van der Waals surface area contributed by atoms with Crippen molar-refractivity contribution in [3.05, 3.63) is 36.0 Å². The first-order chi connectivity index (χ1) is 9.13. The molecule has 6 heteroatoms. The van der Waals surface area contributed by atoms with Gasteiger partial charge in [0.05, 0.1) is 11.1 Å². The quantitative estimate of drug-likeness (QED) is 0.638. The highest BCUT2D eigenvalue weighted by atomic mass is 16.4. The Balaban J connectivity index is 2.24. The highest BCUT2D eigenvalue weighted by molar-refractivity contribution is 6.06. The van der Waals surface area contributed by atoms with E-state index in [1.807, 2.05) is 12.1 Å². The summed E-state index contributed by atoms with van der Waals surface area (Å²) in [7, 11) is 0. The van der Waals surface area contributed by atoms with Crippen molar-refractivity contribution in [2.24, 2.45) is 0 Å². The smallest absolute Gasteiger partial charge is 0.326 e. The predicted octanol–water partition coefficient (Wildman–Crippen LogP) is 0.733. The number of carboxylic acids is 1. The molecule has 0 saturated heterocycles. The Labute approximate surface area is 109 Å². The predicted molar refractivity (Wildman–Crippen MR) is 68.9 cm³/mol. The summed E-state index contributed by atoms with van der Waals surface area (Å²) in [5, 5.41) is 21.0. The second-order valence-corrected chi connectivity index (χ2v) is 4.12. The van der Waals surface area contributed by atoms with Crippen LogP contribution < -0.4 is 5.32 Å². The standard InChI is InChI=1S/C13H14N2O4/c16-7-5-10(13(18)19)15-12(17)9-3-1-2-8-4-6-14-11(8)9/h1-4,6,10,14,16H,5,7H2,(H,15,17)(H,18,19)/t10-/m1/s1. The number of rotatable bonds is 5. The molecule has 100 valence electrons. The van der Waals surface area contributed by atoms with Crippen molar-refractivity contribution in [3.8, 4) is 0 Å². The topological polar surface area (TPSA) is 102 Å². The SMILES string of the molecule is O=C(N[C@H](CCO)C(=O)O)c1cccc2cc[nH]c12. The van der Waals surface area contributed by atoms with E-state index in [9.17, 15) is 9.59 Å². The maximum atomic E-state index is 12.1. The molecule has 2 aromatic rings. The van der Waals surface area contributed by atoms with Gasteiger partial charge in [0.25, 0.3) is 5.91 Å². The fraction of sp³-hybridized carbons (Fsp3) is 0.231. The van der Waals surface area contributed by atoms with Gasteiger partial charge in [-0.2, -0.15) is 0 Å². The molecule has 1 aromatic heterocycles. The van der Waals surface area contributed by atoms with Crippen LogP contribution in [0.1, 0.15) is 16.8 Å². The lowest BCUT2D eigenvalue weighted by Gasteiger charge is -2.13. The Bertz CT molecular complexity index is 605. The van der Waals surface area contributed by atoms with Crippen LogP contribution >= 0.6 is 0 Å². The number of nitrogens with one attached hydrogen (secondary N) is 2. The summed E-state index contributed by atoms with van der Waals surface area (Å²) in [6.45, 7) is -0.302. The van der Waals surface area contributed by atoms with Crippen LogP contribution in [0.5, 0.6) is 0 Å². The molecule has 1 heterocycles. The van der Waals surface area contributed by atoms with Crippen molar-refractivity contribution in [3.63, 3.8) is 0 Å². The minimum absolute atomic E-state index is 0.0260. The third-order valence-electron chi connectivity index (χ3n) is 2.85. The van der Waals surface area contributed by atoms with Gasteiger partial charge in [0.15, 0.2) is 0 Å². The number of aromatic nitrogens is 1. The van der Waals surface area contributed by atoms with Gasteiger partial charge >= 0.3 is 5.97 Å². The van der Waals surface area contributed by atoms with Crippen LogP contribution in [-0.4, -0.2) is 39.7 Å². The molecule has 0 fully saturated rings. The number of carbonyl (C=O) groups is 2. The molecule has 0 unspecified atom stereocenters. The lowest BCUT2D eigenvalue weighted by molar-refractivity contribution is -0.139. The van der Waals surface area contributed by atoms with Gasteiger partial charge in [0.2, 0.25) is 0 Å². The fourth-order valence-corrected chi connectivity index (χ4v) is 1.90. The average Bonchev–Trinajstić information content (AvgIpc) is 2.85. The van der Waals surface area contributed by atoms with Crippen molar-refractivity contribution >= 4 is 22.8 Å². The van der Waals surface area contributed by atoms with E-state index in [0.717, 1.165) is 5.39 Å². The van der Waals surface area contributed by atoms with Crippen LogP contribution in [0, 0.1) is 0 Å². The number of aromatic amines is 1. The van der Waals surface area contributed by atoms with E-state index in [4.69, 9.17) is 10.2 Å². The number of H-pyrrole nitrogens is 1. The van der Waals surface area contributed by atoms with E-state index in [0.29, 0.717) is 11.1 Å². The number of carboxylic acid groups (broad SMARTS) is 1. The van der Waals surface area contributed by atoms with E-state index < -0.39 is 17.9 Å². The van der Waals surface area contributed by atoms with Crippen molar-refractivity contribution in [2.75, 3.05) is 6.61 Å². The van der Waals surface area contributed by atoms with Gasteiger partial charge in [0.1, 0.15) is 6.04 Å². The Hall–Kier alpha value is -2.34. The maximum absolute atomic E-state index is 12.1. The summed E-state index contributed by atoms with van der Waals surface area (Å²) >= 11 is 0. The molecule has 0 saturated carbocycles. The maximum Gasteiger partial charge on any atom is 0.326 e. The average molecular weight is 262 g/mol. The van der Waals surface area contributed by atoms with E-state index in [1.165, 1.54) is 0 Å². The van der Waals surface area contributed by atoms with Gasteiger partial charge in [-0.05, 0) is 12.1 Å². The second-order valence-electron chi connectivity index (χ2n) is 4.12. The molecule has 4 N–H and O–H groups in total. The Kier molecular flexibility index (Phi) is 3.82. The van der Waals surface area contributed by atoms with Gasteiger partial charge in [0, 0.05) is 24.6 Å². The van der Waals surface area contributed by atoms with Gasteiger partial charge in [-0.1, -0.05) is 12.1 Å². The van der Waals surface area contributed by atoms with E-state index in [2.05, 4.69) is 10.3 Å². The molecule has 1 atom stereocenters. The highest BCUT2D eigenvalue weighted by Gasteiger charge is 2.21. The van der Waals surface area contributed by atoms with Gasteiger partial charge in [-0.25, -0.2) is 4.79 Å². The minimum atomic E-state index is -1.17. The summed E-state index contributed by atoms with van der Waals surface area (Å²) in [6.07, 6.45) is 1.69. The van der Waals surface area contributed by atoms with Gasteiger partial charge in [-0.15, -0.1) is 0 Å². The molecule has 0 bridgehead atoms. The molecule has 0 radical (unpaired) electrons. The molecule has 0 aliphatic carbocycles. The lowest BCUT2D eigenvalue weighted by Crippen LogP contribution is -2.41. The molecule has 0 aliphatic heterocycles. The molecular weight excluding hydrogens is 248 g/mol.